The third-order valence-electron chi connectivity index (χ3n) is 4.11. The number of methoxy groups -OCH3 is 1. The molecule has 0 saturated heterocycles. The third-order valence-corrected chi connectivity index (χ3v) is 4.11. The van der Waals surface area contributed by atoms with Crippen molar-refractivity contribution >= 4 is 23.0 Å². The van der Waals surface area contributed by atoms with E-state index in [1.807, 2.05) is 57.2 Å². The summed E-state index contributed by atoms with van der Waals surface area (Å²) in [4.78, 5) is 16.7. The van der Waals surface area contributed by atoms with Crippen LogP contribution < -0.4 is 15.4 Å². The van der Waals surface area contributed by atoms with E-state index in [0.29, 0.717) is 5.69 Å². The maximum absolute atomic E-state index is 12.4. The Balaban J connectivity index is 1.73. The van der Waals surface area contributed by atoms with Gasteiger partial charge >= 0.3 is 0 Å². The molecule has 0 aliphatic rings. The molecule has 0 spiro atoms. The molecule has 2 aromatic carbocycles. The van der Waals surface area contributed by atoms with Crippen LogP contribution in [0.4, 0.5) is 17.1 Å². The molecule has 0 aliphatic carbocycles. The van der Waals surface area contributed by atoms with Crippen molar-refractivity contribution in [1.82, 2.24) is 4.98 Å². The van der Waals surface area contributed by atoms with Crippen LogP contribution in [0.5, 0.6) is 5.75 Å². The molecule has 0 fully saturated rings. The van der Waals surface area contributed by atoms with Crippen molar-refractivity contribution in [2.45, 2.75) is 20.8 Å². The molecule has 0 bridgehead atoms. The lowest BCUT2D eigenvalue weighted by atomic mass is 10.1. The average Bonchev–Trinajstić information content (AvgIpc) is 2.61. The Labute approximate surface area is 159 Å². The predicted molar refractivity (Wildman–Crippen MR) is 109 cm³/mol. The number of amides is 1. The highest BCUT2D eigenvalue weighted by Crippen LogP contribution is 2.28. The van der Waals surface area contributed by atoms with Gasteiger partial charge in [0.2, 0.25) is 0 Å². The SMILES string of the molecule is COc1ccc(C)cc1Nc1ccc(C(=O)Nc2cc(C)cc(C)c2)nc1. The van der Waals surface area contributed by atoms with Gasteiger partial charge in [-0.1, -0.05) is 12.1 Å². The third kappa shape index (κ3) is 4.64. The van der Waals surface area contributed by atoms with Crippen molar-refractivity contribution in [2.24, 2.45) is 0 Å². The number of pyridine rings is 1. The average molecular weight is 361 g/mol. The van der Waals surface area contributed by atoms with Gasteiger partial charge in [-0.25, -0.2) is 4.98 Å². The number of hydrogen-bond acceptors (Lipinski definition) is 4. The lowest BCUT2D eigenvalue weighted by Gasteiger charge is -2.12. The summed E-state index contributed by atoms with van der Waals surface area (Å²) >= 11 is 0. The highest BCUT2D eigenvalue weighted by Gasteiger charge is 2.09. The van der Waals surface area contributed by atoms with Gasteiger partial charge in [-0.2, -0.15) is 0 Å². The first kappa shape index (κ1) is 18.5. The van der Waals surface area contributed by atoms with E-state index >= 15 is 0 Å². The first-order valence-electron chi connectivity index (χ1n) is 8.72. The molecule has 5 nitrogen and oxygen atoms in total. The zero-order chi connectivity index (χ0) is 19.4. The minimum atomic E-state index is -0.236. The van der Waals surface area contributed by atoms with Gasteiger partial charge in [-0.05, 0) is 73.9 Å². The van der Waals surface area contributed by atoms with Crippen LogP contribution in [-0.4, -0.2) is 18.0 Å². The zero-order valence-electron chi connectivity index (χ0n) is 16.0. The number of nitrogens with zero attached hydrogens (tertiary/aromatic N) is 1. The maximum Gasteiger partial charge on any atom is 0.274 e. The van der Waals surface area contributed by atoms with Gasteiger partial charge in [-0.3, -0.25) is 4.79 Å². The van der Waals surface area contributed by atoms with Gasteiger partial charge in [0.25, 0.3) is 5.91 Å². The number of rotatable bonds is 5. The number of aryl methyl sites for hydroxylation is 3. The summed E-state index contributed by atoms with van der Waals surface area (Å²) in [6, 6.07) is 15.4. The molecule has 1 amide bonds. The minimum Gasteiger partial charge on any atom is -0.495 e. The quantitative estimate of drug-likeness (QED) is 0.670. The van der Waals surface area contributed by atoms with Crippen LogP contribution in [0.15, 0.2) is 54.7 Å². The molecule has 138 valence electrons. The van der Waals surface area contributed by atoms with Crippen molar-refractivity contribution in [3.63, 3.8) is 0 Å². The van der Waals surface area contributed by atoms with Crippen LogP contribution >= 0.6 is 0 Å². The smallest absolute Gasteiger partial charge is 0.274 e. The summed E-state index contributed by atoms with van der Waals surface area (Å²) < 4.78 is 5.37. The Morgan fingerprint density at radius 1 is 0.889 bits per heavy atom. The van der Waals surface area contributed by atoms with Gasteiger partial charge in [0.15, 0.2) is 0 Å². The molecule has 3 aromatic rings. The van der Waals surface area contributed by atoms with Gasteiger partial charge in [0.05, 0.1) is 24.7 Å². The van der Waals surface area contributed by atoms with Gasteiger partial charge in [-0.15, -0.1) is 0 Å². The van der Waals surface area contributed by atoms with E-state index in [4.69, 9.17) is 4.74 Å². The number of benzene rings is 2. The van der Waals surface area contributed by atoms with Crippen LogP contribution in [0, 0.1) is 20.8 Å². The van der Waals surface area contributed by atoms with E-state index in [1.165, 1.54) is 0 Å². The van der Waals surface area contributed by atoms with Gasteiger partial charge < -0.3 is 15.4 Å². The molecule has 0 radical (unpaired) electrons. The van der Waals surface area contributed by atoms with Crippen molar-refractivity contribution in [3.05, 3.63) is 77.1 Å². The largest absolute Gasteiger partial charge is 0.495 e. The topological polar surface area (TPSA) is 63.2 Å². The van der Waals surface area contributed by atoms with Crippen LogP contribution in [0.25, 0.3) is 0 Å². The van der Waals surface area contributed by atoms with Crippen molar-refractivity contribution in [1.29, 1.82) is 0 Å². The molecule has 0 unspecified atom stereocenters. The fourth-order valence-corrected chi connectivity index (χ4v) is 2.92. The highest BCUT2D eigenvalue weighted by atomic mass is 16.5. The van der Waals surface area contributed by atoms with E-state index in [2.05, 4.69) is 21.7 Å². The number of anilines is 3. The summed E-state index contributed by atoms with van der Waals surface area (Å²) in [7, 11) is 1.63. The molecule has 0 saturated carbocycles. The van der Waals surface area contributed by atoms with E-state index in [0.717, 1.165) is 39.5 Å². The molecular weight excluding hydrogens is 338 g/mol. The second kappa shape index (κ2) is 7.91. The van der Waals surface area contributed by atoms with Gasteiger partial charge in [0.1, 0.15) is 11.4 Å². The van der Waals surface area contributed by atoms with Crippen LogP contribution in [0.1, 0.15) is 27.2 Å². The van der Waals surface area contributed by atoms with Crippen LogP contribution in [0.2, 0.25) is 0 Å². The van der Waals surface area contributed by atoms with E-state index in [-0.39, 0.29) is 5.91 Å². The number of carbonyl (C=O) groups is 1. The van der Waals surface area contributed by atoms with Crippen molar-refractivity contribution in [2.75, 3.05) is 17.7 Å². The van der Waals surface area contributed by atoms with Crippen LogP contribution in [-0.2, 0) is 0 Å². The monoisotopic (exact) mass is 361 g/mol. The standard InChI is InChI=1S/C22H23N3O2/c1-14-5-8-21(27-4)20(12-14)24-17-6-7-19(23-13-17)22(26)25-18-10-15(2)9-16(3)11-18/h5-13,24H,1-4H3,(H,25,26). The summed E-state index contributed by atoms with van der Waals surface area (Å²) in [6.45, 7) is 6.02. The first-order chi connectivity index (χ1) is 12.9. The number of ether oxygens (including phenoxy) is 1. The number of hydrogen-bond donors (Lipinski definition) is 2. The molecule has 5 heteroatoms. The molecule has 1 heterocycles. The minimum absolute atomic E-state index is 0.236. The number of aromatic nitrogens is 1. The molecule has 1 aromatic heterocycles. The zero-order valence-corrected chi connectivity index (χ0v) is 16.0. The summed E-state index contributed by atoms with van der Waals surface area (Å²) in [5.74, 6) is 0.511. The molecule has 27 heavy (non-hydrogen) atoms. The highest BCUT2D eigenvalue weighted by molar-refractivity contribution is 6.03. The van der Waals surface area contributed by atoms with E-state index < -0.39 is 0 Å². The number of carbonyl (C=O) groups excluding carboxylic acids is 1. The van der Waals surface area contributed by atoms with Crippen LogP contribution in [0.3, 0.4) is 0 Å². The Morgan fingerprint density at radius 3 is 2.26 bits per heavy atom. The Hall–Kier alpha value is -3.34. The van der Waals surface area contributed by atoms with E-state index in [9.17, 15) is 4.79 Å². The summed E-state index contributed by atoms with van der Waals surface area (Å²) in [5, 5.41) is 6.17. The Kier molecular flexibility index (Phi) is 5.41. The normalized spacial score (nSPS) is 10.4. The second-order valence-electron chi connectivity index (χ2n) is 6.59. The predicted octanol–water partition coefficient (Wildman–Crippen LogP) is 5.01. The number of nitrogens with one attached hydrogen (secondary N) is 2. The fourth-order valence-electron chi connectivity index (χ4n) is 2.92. The molecule has 0 atom stereocenters. The Morgan fingerprint density at radius 2 is 1.63 bits per heavy atom. The molecular formula is C22H23N3O2. The van der Waals surface area contributed by atoms with Crippen molar-refractivity contribution < 1.29 is 9.53 Å². The lowest BCUT2D eigenvalue weighted by molar-refractivity contribution is 0.102. The molecule has 0 aliphatic heterocycles. The Bertz CT molecular complexity index is 946. The summed E-state index contributed by atoms with van der Waals surface area (Å²) in [6.07, 6.45) is 1.64. The van der Waals surface area contributed by atoms with Crippen molar-refractivity contribution in [3.8, 4) is 5.75 Å². The summed E-state index contributed by atoms with van der Waals surface area (Å²) in [5.41, 5.74) is 6.08. The second-order valence-corrected chi connectivity index (χ2v) is 6.59. The maximum atomic E-state index is 12.4. The lowest BCUT2D eigenvalue weighted by Crippen LogP contribution is -2.13. The van der Waals surface area contributed by atoms with Gasteiger partial charge in [0, 0.05) is 5.69 Å². The van der Waals surface area contributed by atoms with E-state index in [1.54, 1.807) is 19.4 Å². The fraction of sp³-hybridized carbons (Fsp3) is 0.182. The first-order valence-corrected chi connectivity index (χ1v) is 8.72. The molecule has 2 N–H and O–H groups in total. The molecule has 3 rings (SSSR count).